The molecule has 3 aliphatic carbocycles. The second kappa shape index (κ2) is 3.11. The highest BCUT2D eigenvalue weighted by molar-refractivity contribution is 5.68. The van der Waals surface area contributed by atoms with E-state index in [2.05, 4.69) is 0 Å². The van der Waals surface area contributed by atoms with Gasteiger partial charge in [0.15, 0.2) is 0 Å². The number of carbonyl (C=O) groups is 1. The van der Waals surface area contributed by atoms with Crippen LogP contribution in [0.4, 0.5) is 4.79 Å². The van der Waals surface area contributed by atoms with Crippen LogP contribution in [0.25, 0.3) is 0 Å². The SMILES string of the molecule is CC(C)(C)OC(=O)N(N)C12CCC(C1)C2. The molecule has 3 aliphatic rings. The summed E-state index contributed by atoms with van der Waals surface area (Å²) in [4.78, 5) is 11.8. The fourth-order valence-corrected chi connectivity index (χ4v) is 2.72. The summed E-state index contributed by atoms with van der Waals surface area (Å²) in [6.07, 6.45) is 3.97. The van der Waals surface area contributed by atoms with Crippen LogP contribution in [0.15, 0.2) is 0 Å². The van der Waals surface area contributed by atoms with Crippen LogP contribution in [-0.4, -0.2) is 22.2 Å². The number of nitrogens with two attached hydrogens (primary N) is 1. The van der Waals surface area contributed by atoms with Gasteiger partial charge in [0.2, 0.25) is 0 Å². The molecule has 0 atom stereocenters. The van der Waals surface area contributed by atoms with E-state index >= 15 is 0 Å². The van der Waals surface area contributed by atoms with E-state index in [-0.39, 0.29) is 11.6 Å². The molecule has 3 fully saturated rings. The van der Waals surface area contributed by atoms with Crippen LogP contribution in [0, 0.1) is 5.92 Å². The van der Waals surface area contributed by atoms with Crippen LogP contribution < -0.4 is 5.84 Å². The third-order valence-corrected chi connectivity index (χ3v) is 3.46. The first-order valence-electron chi connectivity index (χ1n) is 5.60. The third-order valence-electron chi connectivity index (χ3n) is 3.46. The molecule has 2 N–H and O–H groups in total. The van der Waals surface area contributed by atoms with Gasteiger partial charge >= 0.3 is 6.09 Å². The lowest BCUT2D eigenvalue weighted by Crippen LogP contribution is -2.59. The van der Waals surface area contributed by atoms with E-state index < -0.39 is 5.60 Å². The standard InChI is InChI=1S/C11H20N2O2/c1-10(2,3)15-9(14)13(12)11-5-4-8(6-11)7-11/h8H,4-7,12H2,1-3H3. The molecule has 0 spiro atoms. The number of fused-ring (bicyclic) bond motifs is 1. The van der Waals surface area contributed by atoms with Crippen molar-refractivity contribution in [1.82, 2.24) is 5.01 Å². The van der Waals surface area contributed by atoms with E-state index in [1.807, 2.05) is 20.8 Å². The summed E-state index contributed by atoms with van der Waals surface area (Å²) >= 11 is 0. The number of hydrogen-bond acceptors (Lipinski definition) is 3. The third kappa shape index (κ3) is 1.83. The van der Waals surface area contributed by atoms with E-state index in [0.29, 0.717) is 0 Å². The molecule has 0 saturated heterocycles. The van der Waals surface area contributed by atoms with Gasteiger partial charge in [0.25, 0.3) is 0 Å². The molecule has 0 heterocycles. The summed E-state index contributed by atoms with van der Waals surface area (Å²) in [6, 6.07) is 0. The average Bonchev–Trinajstić information content (AvgIpc) is 2.56. The summed E-state index contributed by atoms with van der Waals surface area (Å²) in [5, 5.41) is 1.34. The van der Waals surface area contributed by atoms with Crippen molar-refractivity contribution in [2.75, 3.05) is 0 Å². The molecule has 4 nitrogen and oxygen atoms in total. The molecule has 0 aromatic rings. The van der Waals surface area contributed by atoms with Gasteiger partial charge in [0.1, 0.15) is 5.60 Å². The Morgan fingerprint density at radius 2 is 2.07 bits per heavy atom. The van der Waals surface area contributed by atoms with Gasteiger partial charge in [-0.05, 0) is 52.4 Å². The Hall–Kier alpha value is -0.770. The summed E-state index contributed by atoms with van der Waals surface area (Å²) in [6.45, 7) is 5.57. The van der Waals surface area contributed by atoms with Gasteiger partial charge in [0.05, 0.1) is 5.54 Å². The zero-order valence-corrected chi connectivity index (χ0v) is 9.75. The fraction of sp³-hybridized carbons (Fsp3) is 0.909. The van der Waals surface area contributed by atoms with Crippen LogP contribution in [0.5, 0.6) is 0 Å². The number of hydrazine groups is 1. The zero-order chi connectivity index (χ0) is 11.3. The Balaban J connectivity index is 1.96. The van der Waals surface area contributed by atoms with Crippen molar-refractivity contribution >= 4 is 6.09 Å². The lowest BCUT2D eigenvalue weighted by molar-refractivity contribution is -0.0229. The molecule has 0 aromatic heterocycles. The summed E-state index contributed by atoms with van der Waals surface area (Å²) in [5.74, 6) is 6.65. The van der Waals surface area contributed by atoms with Gasteiger partial charge in [-0.2, -0.15) is 0 Å². The topological polar surface area (TPSA) is 55.6 Å². The first kappa shape index (κ1) is 10.7. The Morgan fingerprint density at radius 3 is 2.47 bits per heavy atom. The number of carbonyl (C=O) groups excluding carboxylic acids is 1. The Labute approximate surface area is 90.7 Å². The van der Waals surface area contributed by atoms with Gasteiger partial charge in [0, 0.05) is 0 Å². The molecule has 0 unspecified atom stereocenters. The van der Waals surface area contributed by atoms with Gasteiger partial charge < -0.3 is 4.74 Å². The maximum Gasteiger partial charge on any atom is 0.425 e. The maximum absolute atomic E-state index is 11.8. The van der Waals surface area contributed by atoms with Crippen LogP contribution in [-0.2, 0) is 4.74 Å². The van der Waals surface area contributed by atoms with Gasteiger partial charge in [-0.15, -0.1) is 0 Å². The van der Waals surface area contributed by atoms with Crippen molar-refractivity contribution in [3.8, 4) is 0 Å². The normalized spacial score (nSPS) is 33.5. The Morgan fingerprint density at radius 1 is 1.47 bits per heavy atom. The molecule has 3 rings (SSSR count). The van der Waals surface area contributed by atoms with Crippen molar-refractivity contribution in [1.29, 1.82) is 0 Å². The predicted octanol–water partition coefficient (Wildman–Crippen LogP) is 2.04. The molecule has 86 valence electrons. The monoisotopic (exact) mass is 212 g/mol. The highest BCUT2D eigenvalue weighted by Crippen LogP contribution is 2.54. The Bertz CT molecular complexity index is 271. The summed E-state index contributed by atoms with van der Waals surface area (Å²) in [5.41, 5.74) is -0.542. The van der Waals surface area contributed by atoms with Crippen LogP contribution in [0.3, 0.4) is 0 Å². The Kier molecular flexibility index (Phi) is 2.23. The lowest BCUT2D eigenvalue weighted by Gasteiger charge is -2.44. The van der Waals surface area contributed by atoms with E-state index in [4.69, 9.17) is 10.6 Å². The highest BCUT2D eigenvalue weighted by Gasteiger charge is 2.55. The molecule has 0 radical (unpaired) electrons. The molecule has 1 amide bonds. The second-order valence-corrected chi connectivity index (χ2v) is 5.89. The first-order valence-corrected chi connectivity index (χ1v) is 5.60. The first-order chi connectivity index (χ1) is 6.82. The van der Waals surface area contributed by atoms with Crippen molar-refractivity contribution in [2.24, 2.45) is 11.8 Å². The molecule has 2 bridgehead atoms. The van der Waals surface area contributed by atoms with Crippen LogP contribution in [0.1, 0.15) is 46.5 Å². The molecule has 0 aromatic carbocycles. The number of amides is 1. The van der Waals surface area contributed by atoms with Crippen LogP contribution in [0.2, 0.25) is 0 Å². The van der Waals surface area contributed by atoms with Crippen molar-refractivity contribution in [2.45, 2.75) is 57.6 Å². The fourth-order valence-electron chi connectivity index (χ4n) is 2.72. The second-order valence-electron chi connectivity index (χ2n) is 5.89. The largest absolute Gasteiger partial charge is 0.443 e. The van der Waals surface area contributed by atoms with Crippen molar-refractivity contribution in [3.63, 3.8) is 0 Å². The quantitative estimate of drug-likeness (QED) is 0.411. The minimum absolute atomic E-state index is 0.0764. The van der Waals surface area contributed by atoms with Crippen molar-refractivity contribution < 1.29 is 9.53 Å². The van der Waals surface area contributed by atoms with Gasteiger partial charge in [-0.1, -0.05) is 0 Å². The minimum atomic E-state index is -0.465. The average molecular weight is 212 g/mol. The summed E-state index contributed by atoms with van der Waals surface area (Å²) in [7, 11) is 0. The summed E-state index contributed by atoms with van der Waals surface area (Å²) < 4.78 is 5.26. The van der Waals surface area contributed by atoms with Gasteiger partial charge in [-0.3, -0.25) is 0 Å². The minimum Gasteiger partial charge on any atom is -0.443 e. The number of nitrogens with zero attached hydrogens (tertiary/aromatic N) is 1. The highest BCUT2D eigenvalue weighted by atomic mass is 16.6. The predicted molar refractivity (Wildman–Crippen MR) is 56.9 cm³/mol. The van der Waals surface area contributed by atoms with E-state index in [9.17, 15) is 4.79 Å². The molecule has 0 aliphatic heterocycles. The molecular weight excluding hydrogens is 192 g/mol. The molecule has 3 saturated carbocycles. The maximum atomic E-state index is 11.8. The number of hydrogen-bond donors (Lipinski definition) is 1. The molecular formula is C11H20N2O2. The lowest BCUT2D eigenvalue weighted by atomic mass is 9.77. The number of rotatable bonds is 1. The van der Waals surface area contributed by atoms with E-state index in [0.717, 1.165) is 25.2 Å². The van der Waals surface area contributed by atoms with E-state index in [1.54, 1.807) is 0 Å². The molecule has 4 heteroatoms. The smallest absolute Gasteiger partial charge is 0.425 e. The van der Waals surface area contributed by atoms with Gasteiger partial charge in [-0.25, -0.2) is 15.6 Å². The zero-order valence-electron chi connectivity index (χ0n) is 9.75. The van der Waals surface area contributed by atoms with Crippen LogP contribution >= 0.6 is 0 Å². The number of ether oxygens (including phenoxy) is 1. The van der Waals surface area contributed by atoms with E-state index in [1.165, 1.54) is 11.4 Å². The molecule has 15 heavy (non-hydrogen) atoms. The van der Waals surface area contributed by atoms with Crippen molar-refractivity contribution in [3.05, 3.63) is 0 Å².